The second-order valence-electron chi connectivity index (χ2n) is 7.65. The van der Waals surface area contributed by atoms with Gasteiger partial charge < -0.3 is 15.6 Å². The van der Waals surface area contributed by atoms with Gasteiger partial charge in [-0.25, -0.2) is 0 Å². The molecule has 0 radical (unpaired) electrons. The van der Waals surface area contributed by atoms with Gasteiger partial charge in [0.1, 0.15) is 0 Å². The Kier molecular flexibility index (Phi) is 6.25. The summed E-state index contributed by atoms with van der Waals surface area (Å²) < 4.78 is 0. The molecule has 0 spiro atoms. The molecule has 0 atom stereocenters. The largest absolute Gasteiger partial charge is 0.335 e. The maximum Gasteiger partial charge on any atom is 0.269 e. The first-order valence-corrected chi connectivity index (χ1v) is 10.4. The van der Waals surface area contributed by atoms with Crippen molar-refractivity contribution < 1.29 is 14.5 Å². The lowest BCUT2D eigenvalue weighted by molar-refractivity contribution is -0.384. The molecule has 1 aromatic carbocycles. The summed E-state index contributed by atoms with van der Waals surface area (Å²) in [4.78, 5) is 54.0. The molecule has 2 amide bonds. The highest BCUT2D eigenvalue weighted by Gasteiger charge is 2.18. The molecule has 3 aromatic rings. The van der Waals surface area contributed by atoms with Crippen molar-refractivity contribution in [3.63, 3.8) is 0 Å². The number of amides is 2. The molecule has 2 aromatic heterocycles. The fourth-order valence-electron chi connectivity index (χ4n) is 3.88. The van der Waals surface area contributed by atoms with Gasteiger partial charge in [0.25, 0.3) is 23.1 Å². The first-order chi connectivity index (χ1) is 15.9. The van der Waals surface area contributed by atoms with Gasteiger partial charge in [0.05, 0.1) is 17.2 Å². The number of nitro groups is 1. The maximum atomic E-state index is 12.6. The number of nitro benzene ring substituents is 1. The van der Waals surface area contributed by atoms with Crippen LogP contribution in [0.2, 0.25) is 0 Å². The van der Waals surface area contributed by atoms with E-state index in [1.54, 1.807) is 18.5 Å². The molecule has 33 heavy (non-hydrogen) atoms. The van der Waals surface area contributed by atoms with E-state index in [0.29, 0.717) is 5.56 Å². The van der Waals surface area contributed by atoms with E-state index in [9.17, 15) is 24.5 Å². The Morgan fingerprint density at radius 3 is 2.36 bits per heavy atom. The van der Waals surface area contributed by atoms with Crippen LogP contribution in [0, 0.1) is 10.1 Å². The second-order valence-corrected chi connectivity index (χ2v) is 7.65. The number of pyridine rings is 2. The normalized spacial score (nSPS) is 12.5. The van der Waals surface area contributed by atoms with E-state index in [1.165, 1.54) is 30.5 Å². The van der Waals surface area contributed by atoms with Gasteiger partial charge in [0, 0.05) is 53.0 Å². The predicted molar refractivity (Wildman–Crippen MR) is 120 cm³/mol. The van der Waals surface area contributed by atoms with Crippen molar-refractivity contribution in [1.29, 1.82) is 0 Å². The van der Waals surface area contributed by atoms with Gasteiger partial charge in [-0.3, -0.25) is 29.5 Å². The number of H-pyrrole nitrogens is 1. The van der Waals surface area contributed by atoms with E-state index in [4.69, 9.17) is 0 Å². The molecule has 0 aliphatic heterocycles. The Bertz CT molecular complexity index is 1280. The summed E-state index contributed by atoms with van der Waals surface area (Å²) >= 11 is 0. The van der Waals surface area contributed by atoms with Gasteiger partial charge in [0.2, 0.25) is 0 Å². The molecule has 0 saturated carbocycles. The van der Waals surface area contributed by atoms with E-state index < -0.39 is 16.7 Å². The zero-order valence-electron chi connectivity index (χ0n) is 17.6. The lowest BCUT2D eigenvalue weighted by atomic mass is 9.88. The molecule has 10 nitrogen and oxygen atoms in total. The number of benzene rings is 1. The van der Waals surface area contributed by atoms with Crippen LogP contribution in [0.25, 0.3) is 11.1 Å². The third kappa shape index (κ3) is 4.79. The van der Waals surface area contributed by atoms with Crippen molar-refractivity contribution in [3.05, 3.63) is 91.6 Å². The Labute approximate surface area is 188 Å². The Balaban J connectivity index is 1.42. The standard InChI is InChI=1S/C23H21N5O5/c29-21(14-5-7-17(8-6-14)28(32)33)26-13-27-22(30)16-9-15(10-24-11-16)20-12-25-23(31)19-4-2-1-3-18(19)20/h5-12H,1-4,13H2,(H,25,31)(H,26,29)(H,27,30). The Hall–Kier alpha value is -4.34. The third-order valence-corrected chi connectivity index (χ3v) is 5.56. The highest BCUT2D eigenvalue weighted by Crippen LogP contribution is 2.29. The lowest BCUT2D eigenvalue weighted by Crippen LogP contribution is -2.37. The molecule has 2 heterocycles. The van der Waals surface area contributed by atoms with Gasteiger partial charge in [0.15, 0.2) is 0 Å². The minimum Gasteiger partial charge on any atom is -0.335 e. The van der Waals surface area contributed by atoms with Crippen LogP contribution in [0.5, 0.6) is 0 Å². The number of aromatic nitrogens is 2. The number of carbonyl (C=O) groups excluding carboxylic acids is 2. The highest BCUT2D eigenvalue weighted by atomic mass is 16.6. The first kappa shape index (κ1) is 21.9. The number of non-ortho nitro benzene ring substituents is 1. The molecule has 10 heteroatoms. The number of fused-ring (bicyclic) bond motifs is 1. The van der Waals surface area contributed by atoms with Crippen molar-refractivity contribution in [2.45, 2.75) is 25.7 Å². The molecule has 0 fully saturated rings. The van der Waals surface area contributed by atoms with E-state index in [0.717, 1.165) is 47.9 Å². The zero-order chi connectivity index (χ0) is 23.4. The van der Waals surface area contributed by atoms with Crippen molar-refractivity contribution in [2.75, 3.05) is 6.67 Å². The van der Waals surface area contributed by atoms with Crippen molar-refractivity contribution in [3.8, 4) is 11.1 Å². The minimum atomic E-state index is -0.549. The van der Waals surface area contributed by atoms with Crippen LogP contribution in [-0.4, -0.2) is 33.4 Å². The van der Waals surface area contributed by atoms with Gasteiger partial charge in [-0.05, 0) is 49.4 Å². The number of rotatable bonds is 6. The molecule has 168 valence electrons. The molecule has 4 rings (SSSR count). The zero-order valence-corrected chi connectivity index (χ0v) is 17.6. The summed E-state index contributed by atoms with van der Waals surface area (Å²) in [5, 5.41) is 15.8. The average molecular weight is 447 g/mol. The van der Waals surface area contributed by atoms with Gasteiger partial charge in [-0.15, -0.1) is 0 Å². The van der Waals surface area contributed by atoms with Crippen molar-refractivity contribution in [2.24, 2.45) is 0 Å². The molecule has 1 aliphatic carbocycles. The monoisotopic (exact) mass is 447 g/mol. The number of hydrogen-bond donors (Lipinski definition) is 3. The second kappa shape index (κ2) is 9.43. The number of aromatic amines is 1. The van der Waals surface area contributed by atoms with Crippen LogP contribution in [-0.2, 0) is 12.8 Å². The highest BCUT2D eigenvalue weighted by molar-refractivity contribution is 5.96. The maximum absolute atomic E-state index is 12.6. The molecular weight excluding hydrogens is 426 g/mol. The summed E-state index contributed by atoms with van der Waals surface area (Å²) in [7, 11) is 0. The predicted octanol–water partition coefficient (Wildman–Crippen LogP) is 2.34. The van der Waals surface area contributed by atoms with Gasteiger partial charge in [-0.2, -0.15) is 0 Å². The average Bonchev–Trinajstić information content (AvgIpc) is 2.84. The number of nitrogens with one attached hydrogen (secondary N) is 3. The number of nitrogens with zero attached hydrogens (tertiary/aromatic N) is 2. The first-order valence-electron chi connectivity index (χ1n) is 10.4. The Morgan fingerprint density at radius 1 is 1.00 bits per heavy atom. The van der Waals surface area contributed by atoms with E-state index in [1.807, 2.05) is 0 Å². The van der Waals surface area contributed by atoms with Gasteiger partial charge >= 0.3 is 0 Å². The smallest absolute Gasteiger partial charge is 0.269 e. The molecular formula is C23H21N5O5. The van der Waals surface area contributed by atoms with Crippen molar-refractivity contribution >= 4 is 17.5 Å². The van der Waals surface area contributed by atoms with Crippen LogP contribution < -0.4 is 16.2 Å². The molecule has 0 unspecified atom stereocenters. The fraction of sp³-hybridized carbons (Fsp3) is 0.217. The van der Waals surface area contributed by atoms with Crippen LogP contribution in [0.15, 0.2) is 53.7 Å². The molecule has 0 saturated heterocycles. The van der Waals surface area contributed by atoms with E-state index >= 15 is 0 Å². The summed E-state index contributed by atoms with van der Waals surface area (Å²) in [5.41, 5.74) is 3.75. The third-order valence-electron chi connectivity index (χ3n) is 5.56. The number of hydrogen-bond acceptors (Lipinski definition) is 6. The summed E-state index contributed by atoms with van der Waals surface area (Å²) in [6.07, 6.45) is 8.26. The Morgan fingerprint density at radius 2 is 1.67 bits per heavy atom. The quantitative estimate of drug-likeness (QED) is 0.300. The van der Waals surface area contributed by atoms with E-state index in [-0.39, 0.29) is 23.5 Å². The van der Waals surface area contributed by atoms with Gasteiger partial charge in [-0.1, -0.05) is 0 Å². The fourth-order valence-corrected chi connectivity index (χ4v) is 3.88. The summed E-state index contributed by atoms with van der Waals surface area (Å²) in [5.74, 6) is -0.899. The topological polar surface area (TPSA) is 147 Å². The van der Waals surface area contributed by atoms with E-state index in [2.05, 4.69) is 20.6 Å². The SMILES string of the molecule is O=C(NCNC(=O)c1cncc(-c2c[nH]c(=O)c3c2CCCC3)c1)c1ccc([N+](=O)[O-])cc1. The van der Waals surface area contributed by atoms with Crippen LogP contribution in [0.3, 0.4) is 0 Å². The van der Waals surface area contributed by atoms with Crippen LogP contribution in [0.4, 0.5) is 5.69 Å². The summed E-state index contributed by atoms with van der Waals surface area (Å²) in [6.45, 7) is -0.132. The van der Waals surface area contributed by atoms with Crippen LogP contribution in [0.1, 0.15) is 44.7 Å². The number of carbonyl (C=O) groups is 2. The lowest BCUT2D eigenvalue weighted by Gasteiger charge is -2.18. The molecule has 0 bridgehead atoms. The minimum absolute atomic E-state index is 0.0703. The molecule has 1 aliphatic rings. The van der Waals surface area contributed by atoms with Crippen LogP contribution >= 0.6 is 0 Å². The summed E-state index contributed by atoms with van der Waals surface area (Å²) in [6, 6.07) is 6.85. The molecule has 3 N–H and O–H groups in total. The van der Waals surface area contributed by atoms with Crippen molar-refractivity contribution in [1.82, 2.24) is 20.6 Å².